The Hall–Kier alpha value is -1.54. The Balaban J connectivity index is 0.000000771. The van der Waals surface area contributed by atoms with Gasteiger partial charge in [0.25, 0.3) is 0 Å². The number of allylic oxidation sites excluding steroid dienone is 1. The van der Waals surface area contributed by atoms with Gasteiger partial charge in [-0.05, 0) is 24.1 Å². The molecule has 1 aromatic rings. The summed E-state index contributed by atoms with van der Waals surface area (Å²) in [6.07, 6.45) is 7.36. The number of rotatable bonds is 3. The first-order chi connectivity index (χ1) is 8.75. The molecule has 2 heteroatoms. The van der Waals surface area contributed by atoms with Crippen molar-refractivity contribution in [3.63, 3.8) is 0 Å². The van der Waals surface area contributed by atoms with Crippen LogP contribution in [0, 0.1) is 0 Å². The first-order valence-corrected chi connectivity index (χ1v) is 6.65. The molecule has 2 N–H and O–H groups in total. The Kier molecular flexibility index (Phi) is 6.23. The Labute approximate surface area is 111 Å². The van der Waals surface area contributed by atoms with Gasteiger partial charge in [-0.2, -0.15) is 0 Å². The molecule has 1 unspecified atom stereocenters. The van der Waals surface area contributed by atoms with E-state index < -0.39 is 0 Å². The highest BCUT2D eigenvalue weighted by Gasteiger charge is 2.08. The fourth-order valence-corrected chi connectivity index (χ4v) is 1.89. The molecule has 1 aromatic carbocycles. The van der Waals surface area contributed by atoms with Crippen molar-refractivity contribution in [2.45, 2.75) is 32.9 Å². The number of nitrogens with two attached hydrogens (primary N) is 1. The van der Waals surface area contributed by atoms with Gasteiger partial charge in [-0.15, -0.1) is 0 Å². The average molecular weight is 244 g/mol. The van der Waals surface area contributed by atoms with Crippen LogP contribution < -0.4 is 5.73 Å². The van der Waals surface area contributed by atoms with Gasteiger partial charge in [0.15, 0.2) is 0 Å². The SMILES string of the molecule is CC.CN(Cc1ccccc1)C1=CC(N)CC=C1. The van der Waals surface area contributed by atoms with Crippen molar-refractivity contribution < 1.29 is 0 Å². The summed E-state index contributed by atoms with van der Waals surface area (Å²) in [4.78, 5) is 2.23. The second-order valence-corrected chi connectivity index (χ2v) is 4.24. The Morgan fingerprint density at radius 2 is 1.89 bits per heavy atom. The van der Waals surface area contributed by atoms with Gasteiger partial charge < -0.3 is 10.6 Å². The molecule has 0 saturated heterocycles. The zero-order chi connectivity index (χ0) is 13.4. The van der Waals surface area contributed by atoms with Crippen molar-refractivity contribution >= 4 is 0 Å². The molecule has 2 rings (SSSR count). The van der Waals surface area contributed by atoms with Gasteiger partial charge >= 0.3 is 0 Å². The van der Waals surface area contributed by atoms with E-state index in [1.54, 1.807) is 0 Å². The van der Waals surface area contributed by atoms with Gasteiger partial charge in [-0.25, -0.2) is 0 Å². The zero-order valence-corrected chi connectivity index (χ0v) is 11.6. The van der Waals surface area contributed by atoms with Gasteiger partial charge in [0.2, 0.25) is 0 Å². The van der Waals surface area contributed by atoms with Crippen LogP contribution in [0.1, 0.15) is 25.8 Å². The quantitative estimate of drug-likeness (QED) is 0.884. The van der Waals surface area contributed by atoms with Crippen molar-refractivity contribution in [3.05, 3.63) is 59.8 Å². The van der Waals surface area contributed by atoms with Gasteiger partial charge in [0.05, 0.1) is 0 Å². The van der Waals surface area contributed by atoms with Crippen LogP contribution in [-0.2, 0) is 6.54 Å². The third kappa shape index (κ3) is 4.38. The predicted molar refractivity (Wildman–Crippen MR) is 79.1 cm³/mol. The molecule has 0 saturated carbocycles. The topological polar surface area (TPSA) is 29.3 Å². The highest BCUT2D eigenvalue weighted by molar-refractivity contribution is 5.25. The maximum absolute atomic E-state index is 5.90. The molecule has 0 amide bonds. The van der Waals surface area contributed by atoms with Crippen molar-refractivity contribution in [3.8, 4) is 0 Å². The fraction of sp³-hybridized carbons (Fsp3) is 0.375. The summed E-state index contributed by atoms with van der Waals surface area (Å²) in [7, 11) is 2.10. The fourth-order valence-electron chi connectivity index (χ4n) is 1.89. The van der Waals surface area contributed by atoms with Crippen LogP contribution in [0.15, 0.2) is 54.3 Å². The van der Waals surface area contributed by atoms with E-state index >= 15 is 0 Å². The predicted octanol–water partition coefficient (Wildman–Crippen LogP) is 3.32. The third-order valence-corrected chi connectivity index (χ3v) is 2.79. The van der Waals surface area contributed by atoms with Crippen LogP contribution in [0.25, 0.3) is 0 Å². The molecule has 1 atom stereocenters. The molecule has 18 heavy (non-hydrogen) atoms. The van der Waals surface area contributed by atoms with E-state index in [2.05, 4.69) is 54.4 Å². The third-order valence-electron chi connectivity index (χ3n) is 2.79. The Morgan fingerprint density at radius 3 is 2.50 bits per heavy atom. The van der Waals surface area contributed by atoms with Crippen molar-refractivity contribution in [2.75, 3.05) is 7.05 Å². The summed E-state index contributed by atoms with van der Waals surface area (Å²) in [5, 5.41) is 0. The molecular weight excluding hydrogens is 220 g/mol. The van der Waals surface area contributed by atoms with Crippen LogP contribution in [-0.4, -0.2) is 18.0 Å². The summed E-state index contributed by atoms with van der Waals surface area (Å²) in [5.41, 5.74) is 8.43. The van der Waals surface area contributed by atoms with Gasteiger partial charge in [-0.1, -0.05) is 50.3 Å². The summed E-state index contributed by atoms with van der Waals surface area (Å²) >= 11 is 0. The molecule has 0 aliphatic heterocycles. The average Bonchev–Trinajstić information content (AvgIpc) is 2.42. The number of hydrogen-bond acceptors (Lipinski definition) is 2. The van der Waals surface area contributed by atoms with Crippen molar-refractivity contribution in [1.82, 2.24) is 4.90 Å². The summed E-state index contributed by atoms with van der Waals surface area (Å²) < 4.78 is 0. The van der Waals surface area contributed by atoms with E-state index in [0.29, 0.717) is 0 Å². The minimum absolute atomic E-state index is 0.165. The molecule has 0 heterocycles. The van der Waals surface area contributed by atoms with E-state index in [0.717, 1.165) is 13.0 Å². The molecule has 98 valence electrons. The van der Waals surface area contributed by atoms with Gasteiger partial charge in [-0.3, -0.25) is 0 Å². The van der Waals surface area contributed by atoms with Gasteiger partial charge in [0, 0.05) is 25.3 Å². The second-order valence-electron chi connectivity index (χ2n) is 4.24. The molecule has 1 aliphatic rings. The number of nitrogens with zero attached hydrogens (tertiary/aromatic N) is 1. The number of hydrogen-bond donors (Lipinski definition) is 1. The smallest absolute Gasteiger partial charge is 0.0426 e. The van der Waals surface area contributed by atoms with E-state index in [-0.39, 0.29) is 6.04 Å². The minimum atomic E-state index is 0.165. The van der Waals surface area contributed by atoms with Crippen LogP contribution in [0.4, 0.5) is 0 Å². The normalized spacial score (nSPS) is 17.6. The van der Waals surface area contributed by atoms with Crippen molar-refractivity contribution in [2.24, 2.45) is 5.73 Å². The zero-order valence-electron chi connectivity index (χ0n) is 11.6. The summed E-state index contributed by atoms with van der Waals surface area (Å²) in [6, 6.07) is 10.6. The minimum Gasteiger partial charge on any atom is -0.370 e. The Bertz CT molecular complexity index is 393. The molecule has 0 aromatic heterocycles. The monoisotopic (exact) mass is 244 g/mol. The first-order valence-electron chi connectivity index (χ1n) is 6.65. The maximum atomic E-state index is 5.90. The number of likely N-dealkylation sites (N-methyl/N-ethyl adjacent to an activating group) is 1. The summed E-state index contributed by atoms with van der Waals surface area (Å²) in [6.45, 7) is 4.92. The van der Waals surface area contributed by atoms with Crippen LogP contribution in [0.5, 0.6) is 0 Å². The van der Waals surface area contributed by atoms with Crippen LogP contribution in [0.3, 0.4) is 0 Å². The summed E-state index contributed by atoms with van der Waals surface area (Å²) in [5.74, 6) is 0. The Morgan fingerprint density at radius 1 is 1.22 bits per heavy atom. The lowest BCUT2D eigenvalue weighted by Gasteiger charge is -2.24. The van der Waals surface area contributed by atoms with E-state index in [9.17, 15) is 0 Å². The van der Waals surface area contributed by atoms with E-state index in [4.69, 9.17) is 5.73 Å². The molecule has 1 aliphatic carbocycles. The number of benzene rings is 1. The highest BCUT2D eigenvalue weighted by atomic mass is 15.1. The lowest BCUT2D eigenvalue weighted by Crippen LogP contribution is -2.24. The first kappa shape index (κ1) is 14.5. The second kappa shape index (κ2) is 7.72. The lowest BCUT2D eigenvalue weighted by molar-refractivity contribution is 0.419. The van der Waals surface area contributed by atoms with Gasteiger partial charge in [0.1, 0.15) is 0 Å². The molecule has 0 fully saturated rings. The van der Waals surface area contributed by atoms with E-state index in [1.807, 2.05) is 19.9 Å². The molecule has 0 bridgehead atoms. The molecular formula is C16H24N2. The standard InChI is InChI=1S/C14H18N2.C2H6/c1-16(11-12-6-3-2-4-7-12)14-9-5-8-13(15)10-14;1-2/h2-7,9-10,13H,8,11,15H2,1H3;1-2H3. The maximum Gasteiger partial charge on any atom is 0.0426 e. The molecule has 0 radical (unpaired) electrons. The molecule has 0 spiro atoms. The van der Waals surface area contributed by atoms with E-state index in [1.165, 1.54) is 11.3 Å². The van der Waals surface area contributed by atoms with Crippen LogP contribution >= 0.6 is 0 Å². The lowest BCUT2D eigenvalue weighted by atomic mass is 10.1. The largest absolute Gasteiger partial charge is 0.370 e. The molecule has 2 nitrogen and oxygen atoms in total. The van der Waals surface area contributed by atoms with Crippen LogP contribution in [0.2, 0.25) is 0 Å². The van der Waals surface area contributed by atoms with Crippen molar-refractivity contribution in [1.29, 1.82) is 0 Å². The highest BCUT2D eigenvalue weighted by Crippen LogP contribution is 2.15.